The van der Waals surface area contributed by atoms with Crippen molar-refractivity contribution in [2.45, 2.75) is 6.92 Å². The maximum Gasteiger partial charge on any atom is 0.259 e. The Morgan fingerprint density at radius 1 is 1.39 bits per heavy atom. The van der Waals surface area contributed by atoms with Crippen LogP contribution in [-0.4, -0.2) is 13.7 Å². The number of nitrogens with zero attached hydrogens (tertiary/aromatic N) is 1. The van der Waals surface area contributed by atoms with Gasteiger partial charge in [0.15, 0.2) is 0 Å². The van der Waals surface area contributed by atoms with Gasteiger partial charge in [0, 0.05) is 11.8 Å². The summed E-state index contributed by atoms with van der Waals surface area (Å²) >= 11 is -2.19. The average molecular weight is 263 g/mol. The van der Waals surface area contributed by atoms with Gasteiger partial charge in [-0.05, 0) is 18.6 Å². The van der Waals surface area contributed by atoms with E-state index in [1.807, 2.05) is 31.2 Å². The Morgan fingerprint density at radius 3 is 2.83 bits per heavy atom. The van der Waals surface area contributed by atoms with Gasteiger partial charge in [-0.15, -0.1) is 0 Å². The molecule has 2 aromatic rings. The first-order valence-corrected chi connectivity index (χ1v) is 6.37. The summed E-state index contributed by atoms with van der Waals surface area (Å²) < 4.78 is 22.2. The van der Waals surface area contributed by atoms with Crippen molar-refractivity contribution in [3.63, 3.8) is 0 Å². The molecule has 2 rings (SSSR count). The van der Waals surface area contributed by atoms with Gasteiger partial charge in [-0.25, -0.2) is 9.19 Å². The highest BCUT2D eigenvalue weighted by molar-refractivity contribution is 7.80. The first-order chi connectivity index (χ1) is 8.58. The molecule has 1 aromatic carbocycles. The van der Waals surface area contributed by atoms with Gasteiger partial charge in [0.25, 0.3) is 11.3 Å². The minimum atomic E-state index is -2.19. The zero-order valence-corrected chi connectivity index (χ0v) is 10.6. The standard InChI is InChI=1S/C12H13N3O2S/c1-8-3-2-4-9(7-8)10-5-6-14-12(13)11(10)15-18(16)17/h2-7,15H,1H3,(H2,13,14)(H,16,17). The molecule has 6 heteroatoms. The molecule has 1 aromatic heterocycles. The molecular weight excluding hydrogens is 250 g/mol. The lowest BCUT2D eigenvalue weighted by Crippen LogP contribution is -2.07. The van der Waals surface area contributed by atoms with E-state index in [-0.39, 0.29) is 5.82 Å². The summed E-state index contributed by atoms with van der Waals surface area (Å²) in [6.07, 6.45) is 1.57. The lowest BCUT2D eigenvalue weighted by atomic mass is 10.0. The predicted molar refractivity (Wildman–Crippen MR) is 73.2 cm³/mol. The fourth-order valence-electron chi connectivity index (χ4n) is 1.73. The summed E-state index contributed by atoms with van der Waals surface area (Å²) in [6.45, 7) is 1.98. The predicted octanol–water partition coefficient (Wildman–Crippen LogP) is 2.19. The van der Waals surface area contributed by atoms with Crippen LogP contribution in [0.3, 0.4) is 0 Å². The third-order valence-corrected chi connectivity index (χ3v) is 2.88. The molecule has 0 aliphatic rings. The van der Waals surface area contributed by atoms with E-state index in [4.69, 9.17) is 10.3 Å². The first-order valence-electron chi connectivity index (χ1n) is 5.27. The Morgan fingerprint density at radius 2 is 2.17 bits per heavy atom. The number of pyridine rings is 1. The smallest absolute Gasteiger partial charge is 0.259 e. The van der Waals surface area contributed by atoms with Gasteiger partial charge in [-0.1, -0.05) is 29.8 Å². The Labute approximate surface area is 107 Å². The fraction of sp³-hybridized carbons (Fsp3) is 0.0833. The number of hydrogen-bond acceptors (Lipinski definition) is 3. The number of hydrogen-bond donors (Lipinski definition) is 3. The van der Waals surface area contributed by atoms with Crippen LogP contribution in [0.2, 0.25) is 0 Å². The second-order valence-corrected chi connectivity index (χ2v) is 4.54. The van der Waals surface area contributed by atoms with Crippen LogP contribution in [0.1, 0.15) is 5.56 Å². The maximum atomic E-state index is 10.9. The second-order valence-electron chi connectivity index (χ2n) is 3.84. The summed E-state index contributed by atoms with van der Waals surface area (Å²) in [5, 5.41) is 0. The number of aromatic nitrogens is 1. The Balaban J connectivity index is 2.56. The zero-order chi connectivity index (χ0) is 13.1. The maximum absolute atomic E-state index is 10.9. The van der Waals surface area contributed by atoms with E-state index in [2.05, 4.69) is 9.71 Å². The third kappa shape index (κ3) is 2.66. The average Bonchev–Trinajstić information content (AvgIpc) is 2.31. The molecule has 5 nitrogen and oxygen atoms in total. The summed E-state index contributed by atoms with van der Waals surface area (Å²) in [5.74, 6) is 0.191. The highest BCUT2D eigenvalue weighted by Gasteiger charge is 2.11. The Kier molecular flexibility index (Phi) is 3.59. The molecular formula is C12H13N3O2S. The van der Waals surface area contributed by atoms with Gasteiger partial charge < -0.3 is 5.73 Å². The molecule has 1 heterocycles. The molecule has 0 spiro atoms. The zero-order valence-electron chi connectivity index (χ0n) is 9.75. The van der Waals surface area contributed by atoms with Crippen LogP contribution in [0.15, 0.2) is 36.5 Å². The number of benzene rings is 1. The van der Waals surface area contributed by atoms with Crippen molar-refractivity contribution < 1.29 is 8.76 Å². The van der Waals surface area contributed by atoms with Crippen LogP contribution >= 0.6 is 0 Å². The van der Waals surface area contributed by atoms with Gasteiger partial charge in [-0.2, -0.15) is 0 Å². The van der Waals surface area contributed by atoms with Gasteiger partial charge in [0.1, 0.15) is 5.82 Å². The van der Waals surface area contributed by atoms with Crippen LogP contribution in [0.25, 0.3) is 11.1 Å². The molecule has 0 saturated carbocycles. The van der Waals surface area contributed by atoms with E-state index in [0.29, 0.717) is 5.69 Å². The number of nitrogen functional groups attached to an aromatic ring is 1. The molecule has 0 aliphatic heterocycles. The highest BCUT2D eigenvalue weighted by Crippen LogP contribution is 2.31. The van der Waals surface area contributed by atoms with Crippen LogP contribution in [-0.2, 0) is 11.3 Å². The van der Waals surface area contributed by atoms with Crippen molar-refractivity contribution in [1.82, 2.24) is 4.98 Å². The van der Waals surface area contributed by atoms with Gasteiger partial charge >= 0.3 is 0 Å². The Hall–Kier alpha value is -1.92. The lowest BCUT2D eigenvalue weighted by molar-refractivity contribution is 0.570. The minimum absolute atomic E-state index is 0.191. The van der Waals surface area contributed by atoms with Gasteiger partial charge in [0.2, 0.25) is 0 Å². The van der Waals surface area contributed by atoms with E-state index < -0.39 is 11.3 Å². The SMILES string of the molecule is Cc1cccc(-c2ccnc(N)c2NS(=O)O)c1. The number of aryl methyl sites for hydroxylation is 1. The second kappa shape index (κ2) is 5.16. The monoisotopic (exact) mass is 263 g/mol. The van der Waals surface area contributed by atoms with Gasteiger partial charge in [0.05, 0.1) is 5.69 Å². The molecule has 18 heavy (non-hydrogen) atoms. The summed E-state index contributed by atoms with van der Waals surface area (Å²) in [6, 6.07) is 9.53. The largest absolute Gasteiger partial charge is 0.382 e. The molecule has 0 fully saturated rings. The first kappa shape index (κ1) is 12.5. The highest BCUT2D eigenvalue weighted by atomic mass is 32.2. The number of rotatable bonds is 3. The molecule has 1 atom stereocenters. The molecule has 0 radical (unpaired) electrons. The van der Waals surface area contributed by atoms with E-state index in [0.717, 1.165) is 16.7 Å². The van der Waals surface area contributed by atoms with Crippen molar-refractivity contribution in [2.75, 3.05) is 10.5 Å². The van der Waals surface area contributed by atoms with Crippen molar-refractivity contribution in [3.05, 3.63) is 42.1 Å². The summed E-state index contributed by atoms with van der Waals surface area (Å²) in [5.41, 5.74) is 8.84. The van der Waals surface area contributed by atoms with Crippen LogP contribution in [0.5, 0.6) is 0 Å². The van der Waals surface area contributed by atoms with E-state index >= 15 is 0 Å². The van der Waals surface area contributed by atoms with Crippen LogP contribution in [0, 0.1) is 6.92 Å². The molecule has 1 unspecified atom stereocenters. The van der Waals surface area contributed by atoms with Crippen molar-refractivity contribution >= 4 is 22.8 Å². The number of nitrogens with two attached hydrogens (primary N) is 1. The number of anilines is 2. The molecule has 94 valence electrons. The van der Waals surface area contributed by atoms with Crippen molar-refractivity contribution in [3.8, 4) is 11.1 Å². The molecule has 0 aliphatic carbocycles. The van der Waals surface area contributed by atoms with Crippen molar-refractivity contribution in [1.29, 1.82) is 0 Å². The van der Waals surface area contributed by atoms with Crippen molar-refractivity contribution in [2.24, 2.45) is 0 Å². The lowest BCUT2D eigenvalue weighted by Gasteiger charge is -2.11. The van der Waals surface area contributed by atoms with E-state index in [9.17, 15) is 4.21 Å². The van der Waals surface area contributed by atoms with Crippen LogP contribution in [0.4, 0.5) is 11.5 Å². The fourth-order valence-corrected chi connectivity index (χ4v) is 2.11. The van der Waals surface area contributed by atoms with E-state index in [1.54, 1.807) is 12.3 Å². The summed E-state index contributed by atoms with van der Waals surface area (Å²) in [4.78, 5) is 3.91. The minimum Gasteiger partial charge on any atom is -0.382 e. The topological polar surface area (TPSA) is 88.2 Å². The molecule has 0 bridgehead atoms. The summed E-state index contributed by atoms with van der Waals surface area (Å²) in [7, 11) is 0. The normalized spacial score (nSPS) is 12.1. The van der Waals surface area contributed by atoms with Gasteiger partial charge in [-0.3, -0.25) is 9.27 Å². The molecule has 0 amide bonds. The van der Waals surface area contributed by atoms with E-state index in [1.165, 1.54) is 0 Å². The molecule has 0 saturated heterocycles. The Bertz CT molecular complexity index is 602. The third-order valence-electron chi connectivity index (χ3n) is 2.50. The van der Waals surface area contributed by atoms with Crippen LogP contribution < -0.4 is 10.5 Å². The number of nitrogens with one attached hydrogen (secondary N) is 1. The quantitative estimate of drug-likeness (QED) is 0.741. The molecule has 4 N–H and O–H groups in total.